The fourth-order valence-electron chi connectivity index (χ4n) is 2.64. The Morgan fingerprint density at radius 1 is 1.21 bits per heavy atom. The van der Waals surface area contributed by atoms with Crippen molar-refractivity contribution in [3.63, 3.8) is 0 Å². The molecular formula is C14H17ClF3N. The zero-order valence-corrected chi connectivity index (χ0v) is 11.5. The summed E-state index contributed by atoms with van der Waals surface area (Å²) >= 11 is 5.76. The van der Waals surface area contributed by atoms with Gasteiger partial charge >= 0.3 is 6.18 Å². The van der Waals surface area contributed by atoms with Gasteiger partial charge in [0.15, 0.2) is 0 Å². The van der Waals surface area contributed by atoms with E-state index in [0.717, 1.165) is 31.4 Å². The van der Waals surface area contributed by atoms with Crippen LogP contribution in [0.2, 0.25) is 5.02 Å². The average Bonchev–Trinajstić information content (AvgIpc) is 2.26. The van der Waals surface area contributed by atoms with Crippen LogP contribution in [0.25, 0.3) is 0 Å². The van der Waals surface area contributed by atoms with E-state index in [4.69, 9.17) is 11.6 Å². The Balaban J connectivity index is 2.14. The lowest BCUT2D eigenvalue weighted by molar-refractivity contribution is -0.137. The first-order valence-electron chi connectivity index (χ1n) is 6.49. The summed E-state index contributed by atoms with van der Waals surface area (Å²) in [6.45, 7) is 2.17. The quantitative estimate of drug-likeness (QED) is 0.774. The van der Waals surface area contributed by atoms with Gasteiger partial charge in [-0.1, -0.05) is 31.4 Å². The highest BCUT2D eigenvalue weighted by Gasteiger charge is 2.31. The van der Waals surface area contributed by atoms with Crippen LogP contribution in [0, 0.1) is 5.92 Å². The first kappa shape index (κ1) is 14.5. The van der Waals surface area contributed by atoms with Crippen molar-refractivity contribution in [3.05, 3.63) is 28.8 Å². The zero-order chi connectivity index (χ0) is 14.0. The van der Waals surface area contributed by atoms with Gasteiger partial charge in [-0.2, -0.15) is 13.2 Å². The van der Waals surface area contributed by atoms with Gasteiger partial charge in [0.2, 0.25) is 0 Å². The SMILES string of the molecule is CC1CCCC(Nc2cc(Cl)cc(C(F)(F)F)c2)C1. The van der Waals surface area contributed by atoms with Crippen LogP contribution in [0.4, 0.5) is 18.9 Å². The minimum atomic E-state index is -4.36. The van der Waals surface area contributed by atoms with Crippen molar-refractivity contribution >= 4 is 17.3 Å². The molecule has 0 amide bonds. The van der Waals surface area contributed by atoms with E-state index in [2.05, 4.69) is 12.2 Å². The van der Waals surface area contributed by atoms with E-state index in [0.29, 0.717) is 11.6 Å². The molecule has 5 heteroatoms. The molecule has 1 aromatic rings. The minimum Gasteiger partial charge on any atom is -0.382 e. The van der Waals surface area contributed by atoms with E-state index < -0.39 is 11.7 Å². The second kappa shape index (κ2) is 5.61. The normalized spacial score (nSPS) is 24.3. The molecule has 1 aliphatic rings. The highest BCUT2D eigenvalue weighted by molar-refractivity contribution is 6.30. The Kier molecular flexibility index (Phi) is 4.29. The van der Waals surface area contributed by atoms with Crippen LogP contribution in [-0.2, 0) is 6.18 Å². The number of hydrogen-bond acceptors (Lipinski definition) is 1. The number of alkyl halides is 3. The zero-order valence-electron chi connectivity index (χ0n) is 10.7. The number of hydrogen-bond donors (Lipinski definition) is 1. The third-order valence-corrected chi connectivity index (χ3v) is 3.75. The molecule has 1 fully saturated rings. The molecule has 2 unspecified atom stereocenters. The Labute approximate surface area is 116 Å². The largest absolute Gasteiger partial charge is 0.416 e. The van der Waals surface area contributed by atoms with Gasteiger partial charge < -0.3 is 5.32 Å². The first-order valence-corrected chi connectivity index (χ1v) is 6.86. The maximum atomic E-state index is 12.7. The highest BCUT2D eigenvalue weighted by Crippen LogP contribution is 2.34. The van der Waals surface area contributed by atoms with E-state index in [-0.39, 0.29) is 11.1 Å². The molecule has 1 N–H and O–H groups in total. The lowest BCUT2D eigenvalue weighted by Crippen LogP contribution is -2.26. The minimum absolute atomic E-state index is 0.112. The molecule has 0 aliphatic heterocycles. The van der Waals surface area contributed by atoms with Crippen LogP contribution in [0.3, 0.4) is 0 Å². The average molecular weight is 292 g/mol. The fourth-order valence-corrected chi connectivity index (χ4v) is 2.87. The summed E-state index contributed by atoms with van der Waals surface area (Å²) in [7, 11) is 0. The predicted molar refractivity (Wildman–Crippen MR) is 71.5 cm³/mol. The Morgan fingerprint density at radius 2 is 1.95 bits per heavy atom. The van der Waals surface area contributed by atoms with Crippen molar-refractivity contribution in [2.24, 2.45) is 5.92 Å². The molecule has 0 saturated heterocycles. The maximum Gasteiger partial charge on any atom is 0.416 e. The van der Waals surface area contributed by atoms with Gasteiger partial charge in [-0.05, 0) is 37.0 Å². The predicted octanol–water partition coefficient (Wildman–Crippen LogP) is 5.35. The van der Waals surface area contributed by atoms with Crippen molar-refractivity contribution in [2.75, 3.05) is 5.32 Å². The lowest BCUT2D eigenvalue weighted by atomic mass is 9.87. The number of anilines is 1. The Morgan fingerprint density at radius 3 is 2.58 bits per heavy atom. The summed E-state index contributed by atoms with van der Waals surface area (Å²) in [5, 5.41) is 3.29. The number of nitrogens with one attached hydrogen (secondary N) is 1. The first-order chi connectivity index (χ1) is 8.84. The standard InChI is InChI=1S/C14H17ClF3N/c1-9-3-2-4-12(5-9)19-13-7-10(14(16,17)18)6-11(15)8-13/h6-9,12,19H,2-5H2,1H3. The summed E-state index contributed by atoms with van der Waals surface area (Å²) < 4.78 is 38.1. The van der Waals surface area contributed by atoms with Gasteiger partial charge in [-0.3, -0.25) is 0 Å². The van der Waals surface area contributed by atoms with Crippen molar-refractivity contribution in [1.82, 2.24) is 0 Å². The highest BCUT2D eigenvalue weighted by atomic mass is 35.5. The Bertz CT molecular complexity index is 445. The van der Waals surface area contributed by atoms with Crippen LogP contribution >= 0.6 is 11.6 Å². The summed E-state index contributed by atoms with van der Waals surface area (Å²) in [5.41, 5.74) is -0.245. The molecule has 0 heterocycles. The molecule has 1 aromatic carbocycles. The van der Waals surface area contributed by atoms with Crippen LogP contribution in [0.5, 0.6) is 0 Å². The van der Waals surface area contributed by atoms with Gasteiger partial charge in [0.1, 0.15) is 0 Å². The summed E-state index contributed by atoms with van der Waals surface area (Å²) in [4.78, 5) is 0. The van der Waals surface area contributed by atoms with Crippen LogP contribution in [0.15, 0.2) is 18.2 Å². The summed E-state index contributed by atoms with van der Waals surface area (Å²) in [6.07, 6.45) is -0.0552. The summed E-state index contributed by atoms with van der Waals surface area (Å²) in [5.74, 6) is 0.618. The van der Waals surface area contributed by atoms with E-state index in [1.54, 1.807) is 6.07 Å². The van der Waals surface area contributed by atoms with Gasteiger partial charge in [0.25, 0.3) is 0 Å². The molecule has 0 radical (unpaired) electrons. The molecule has 1 aliphatic carbocycles. The van der Waals surface area contributed by atoms with Crippen LogP contribution < -0.4 is 5.32 Å². The molecule has 0 aromatic heterocycles. The molecule has 1 saturated carbocycles. The van der Waals surface area contributed by atoms with E-state index >= 15 is 0 Å². The number of benzene rings is 1. The Hall–Kier alpha value is -0.900. The molecule has 1 nitrogen and oxygen atoms in total. The number of halogens is 4. The van der Waals surface area contributed by atoms with Crippen molar-refractivity contribution in [2.45, 2.75) is 44.8 Å². The second-order valence-electron chi connectivity index (χ2n) is 5.34. The van der Waals surface area contributed by atoms with Gasteiger partial charge in [-0.15, -0.1) is 0 Å². The van der Waals surface area contributed by atoms with Crippen molar-refractivity contribution in [3.8, 4) is 0 Å². The maximum absolute atomic E-state index is 12.7. The molecule has 0 bridgehead atoms. The molecule has 19 heavy (non-hydrogen) atoms. The molecule has 2 atom stereocenters. The molecule has 0 spiro atoms. The molecular weight excluding hydrogens is 275 g/mol. The van der Waals surface area contributed by atoms with Crippen molar-refractivity contribution < 1.29 is 13.2 Å². The van der Waals surface area contributed by atoms with Crippen LogP contribution in [-0.4, -0.2) is 6.04 Å². The van der Waals surface area contributed by atoms with Crippen LogP contribution in [0.1, 0.15) is 38.2 Å². The molecule has 2 rings (SSSR count). The van der Waals surface area contributed by atoms with Gasteiger partial charge in [0.05, 0.1) is 5.56 Å². The van der Waals surface area contributed by atoms with E-state index in [9.17, 15) is 13.2 Å². The third kappa shape index (κ3) is 4.03. The van der Waals surface area contributed by atoms with Gasteiger partial charge in [0, 0.05) is 16.8 Å². The van der Waals surface area contributed by atoms with Crippen molar-refractivity contribution in [1.29, 1.82) is 0 Å². The number of rotatable bonds is 2. The summed E-state index contributed by atoms with van der Waals surface area (Å²) in [6, 6.07) is 3.88. The smallest absolute Gasteiger partial charge is 0.382 e. The monoisotopic (exact) mass is 291 g/mol. The lowest BCUT2D eigenvalue weighted by Gasteiger charge is -2.28. The van der Waals surface area contributed by atoms with E-state index in [1.807, 2.05) is 0 Å². The third-order valence-electron chi connectivity index (χ3n) is 3.53. The van der Waals surface area contributed by atoms with Gasteiger partial charge in [-0.25, -0.2) is 0 Å². The van der Waals surface area contributed by atoms with E-state index in [1.165, 1.54) is 6.42 Å². The molecule has 106 valence electrons. The second-order valence-corrected chi connectivity index (χ2v) is 5.78. The fraction of sp³-hybridized carbons (Fsp3) is 0.571. The topological polar surface area (TPSA) is 12.0 Å².